The van der Waals surface area contributed by atoms with E-state index in [0.717, 1.165) is 22.4 Å². The van der Waals surface area contributed by atoms with Gasteiger partial charge in [-0.1, -0.05) is 54.6 Å². The summed E-state index contributed by atoms with van der Waals surface area (Å²) in [7, 11) is 0. The molecule has 3 rings (SSSR count). The lowest BCUT2D eigenvalue weighted by atomic mass is 9.94. The van der Waals surface area contributed by atoms with Crippen LogP contribution in [-0.2, 0) is 9.53 Å². The molecule has 1 heterocycles. The number of hydrogen-bond donors (Lipinski definition) is 2. The van der Waals surface area contributed by atoms with Gasteiger partial charge in [-0.3, -0.25) is 0 Å². The van der Waals surface area contributed by atoms with Crippen LogP contribution in [0.4, 0.5) is 0 Å². The maximum atomic E-state index is 12.6. The van der Waals surface area contributed by atoms with Gasteiger partial charge < -0.3 is 15.4 Å². The number of carbonyl (C=O) groups excluding carboxylic acids is 1. The van der Waals surface area contributed by atoms with Gasteiger partial charge in [-0.25, -0.2) is 4.79 Å². The van der Waals surface area contributed by atoms with Crippen molar-refractivity contribution in [3.8, 4) is 11.1 Å². The lowest BCUT2D eigenvalue weighted by Gasteiger charge is -2.30. The first kappa shape index (κ1) is 18.1. The first-order valence-electron chi connectivity index (χ1n) is 8.60. The fourth-order valence-corrected chi connectivity index (χ4v) is 3.26. The Hall–Kier alpha value is -2.66. The molecule has 0 unspecified atom stereocenters. The summed E-state index contributed by atoms with van der Waals surface area (Å²) < 4.78 is 5.42. The average Bonchev–Trinajstić information content (AvgIpc) is 2.61. The van der Waals surface area contributed by atoms with Crippen molar-refractivity contribution in [3.05, 3.63) is 71.4 Å². The highest BCUT2D eigenvalue weighted by molar-refractivity contribution is 7.80. The van der Waals surface area contributed by atoms with E-state index in [-0.39, 0.29) is 18.1 Å². The molecule has 2 N–H and O–H groups in total. The monoisotopic (exact) mass is 366 g/mol. The number of rotatable bonds is 4. The Bertz CT molecular complexity index is 842. The predicted molar refractivity (Wildman–Crippen MR) is 107 cm³/mol. The molecule has 26 heavy (non-hydrogen) atoms. The largest absolute Gasteiger partial charge is 0.459 e. The first-order chi connectivity index (χ1) is 12.5. The number of benzene rings is 2. The van der Waals surface area contributed by atoms with E-state index < -0.39 is 0 Å². The van der Waals surface area contributed by atoms with Crippen LogP contribution in [0.15, 0.2) is 65.9 Å². The van der Waals surface area contributed by atoms with Crippen molar-refractivity contribution in [2.24, 2.45) is 0 Å². The van der Waals surface area contributed by atoms with Gasteiger partial charge in [0.25, 0.3) is 0 Å². The van der Waals surface area contributed by atoms with Gasteiger partial charge >= 0.3 is 5.97 Å². The normalized spacial score (nSPS) is 16.9. The summed E-state index contributed by atoms with van der Waals surface area (Å²) in [4.78, 5) is 12.6. The molecule has 0 spiro atoms. The van der Waals surface area contributed by atoms with E-state index in [9.17, 15) is 4.79 Å². The smallest absolute Gasteiger partial charge is 0.338 e. The molecule has 1 atom stereocenters. The second kappa shape index (κ2) is 7.70. The highest BCUT2D eigenvalue weighted by Gasteiger charge is 2.31. The van der Waals surface area contributed by atoms with Crippen LogP contribution in [-0.4, -0.2) is 17.2 Å². The zero-order chi connectivity index (χ0) is 18.7. The number of thiocarbonyl (C=S) groups is 1. The lowest BCUT2D eigenvalue weighted by Crippen LogP contribution is -2.45. The predicted octanol–water partition coefficient (Wildman–Crippen LogP) is 4.10. The zero-order valence-corrected chi connectivity index (χ0v) is 15.9. The third kappa shape index (κ3) is 3.94. The molecule has 2 aromatic rings. The second-order valence-electron chi connectivity index (χ2n) is 6.51. The number of esters is 1. The van der Waals surface area contributed by atoms with E-state index in [1.54, 1.807) is 0 Å². The molecule has 0 amide bonds. The van der Waals surface area contributed by atoms with Crippen LogP contribution in [0.5, 0.6) is 0 Å². The number of allylic oxidation sites excluding steroid dienone is 1. The molecular weight excluding hydrogens is 344 g/mol. The van der Waals surface area contributed by atoms with Crippen LogP contribution in [0.2, 0.25) is 0 Å². The Morgan fingerprint density at radius 3 is 2.27 bits per heavy atom. The summed E-state index contributed by atoms with van der Waals surface area (Å²) in [6.07, 6.45) is -0.183. The van der Waals surface area contributed by atoms with Gasteiger partial charge in [-0.2, -0.15) is 0 Å². The van der Waals surface area contributed by atoms with Crippen LogP contribution in [0.25, 0.3) is 11.1 Å². The Morgan fingerprint density at radius 2 is 1.65 bits per heavy atom. The number of carbonyl (C=O) groups is 1. The summed E-state index contributed by atoms with van der Waals surface area (Å²) >= 11 is 5.28. The van der Waals surface area contributed by atoms with E-state index in [0.29, 0.717) is 10.7 Å². The average molecular weight is 366 g/mol. The minimum atomic E-state index is -0.336. The summed E-state index contributed by atoms with van der Waals surface area (Å²) in [5.74, 6) is -0.336. The van der Waals surface area contributed by atoms with Gasteiger partial charge in [-0.15, -0.1) is 0 Å². The van der Waals surface area contributed by atoms with Crippen LogP contribution < -0.4 is 10.6 Å². The maximum absolute atomic E-state index is 12.6. The topological polar surface area (TPSA) is 50.4 Å². The van der Waals surface area contributed by atoms with E-state index in [1.165, 1.54) is 0 Å². The van der Waals surface area contributed by atoms with Crippen molar-refractivity contribution < 1.29 is 9.53 Å². The van der Waals surface area contributed by atoms with Gasteiger partial charge in [-0.05, 0) is 49.7 Å². The van der Waals surface area contributed by atoms with Gasteiger partial charge in [0.2, 0.25) is 0 Å². The van der Waals surface area contributed by atoms with Crippen molar-refractivity contribution in [2.45, 2.75) is 32.9 Å². The van der Waals surface area contributed by atoms with E-state index in [4.69, 9.17) is 17.0 Å². The molecule has 0 saturated heterocycles. The molecule has 1 aliphatic rings. The summed E-state index contributed by atoms with van der Waals surface area (Å²) in [6, 6.07) is 18.0. The van der Waals surface area contributed by atoms with Crippen molar-refractivity contribution in [1.29, 1.82) is 0 Å². The number of ether oxygens (including phenoxy) is 1. The first-order valence-corrected chi connectivity index (χ1v) is 9.01. The maximum Gasteiger partial charge on any atom is 0.338 e. The Kier molecular flexibility index (Phi) is 5.38. The number of hydrogen-bond acceptors (Lipinski definition) is 3. The van der Waals surface area contributed by atoms with Gasteiger partial charge in [0, 0.05) is 5.70 Å². The zero-order valence-electron chi connectivity index (χ0n) is 15.1. The third-order valence-electron chi connectivity index (χ3n) is 4.18. The van der Waals surface area contributed by atoms with E-state index in [1.807, 2.05) is 51.1 Å². The lowest BCUT2D eigenvalue weighted by molar-refractivity contribution is -0.143. The minimum Gasteiger partial charge on any atom is -0.459 e. The van der Waals surface area contributed by atoms with Crippen LogP contribution in [0.1, 0.15) is 32.4 Å². The molecule has 0 fully saturated rings. The fraction of sp³-hybridized carbons (Fsp3) is 0.238. The van der Waals surface area contributed by atoms with Crippen LogP contribution >= 0.6 is 12.2 Å². The SMILES string of the molecule is CC1=C(C(=O)OC(C)C)[C@H](c2ccc(-c3ccccc3)cc2)NC(=S)N1. The standard InChI is InChI=1S/C21H22N2O2S/c1-13(2)25-20(24)18-14(3)22-21(26)23-19(18)17-11-9-16(10-12-17)15-7-5-4-6-8-15/h4-13,19H,1-3H3,(H2,22,23,26)/t19-/m0/s1. The van der Waals surface area contributed by atoms with Crippen molar-refractivity contribution in [3.63, 3.8) is 0 Å². The van der Waals surface area contributed by atoms with E-state index in [2.05, 4.69) is 34.9 Å². The molecule has 1 aliphatic heterocycles. The molecule has 2 aromatic carbocycles. The number of nitrogens with one attached hydrogen (secondary N) is 2. The highest BCUT2D eigenvalue weighted by atomic mass is 32.1. The van der Waals surface area contributed by atoms with Gasteiger partial charge in [0.15, 0.2) is 5.11 Å². The highest BCUT2D eigenvalue weighted by Crippen LogP contribution is 2.29. The van der Waals surface area contributed by atoms with Crippen LogP contribution in [0, 0.1) is 0 Å². The molecule has 0 radical (unpaired) electrons. The van der Waals surface area contributed by atoms with Gasteiger partial charge in [0.1, 0.15) is 0 Å². The van der Waals surface area contributed by atoms with E-state index >= 15 is 0 Å². The molecule has 4 nitrogen and oxygen atoms in total. The minimum absolute atomic E-state index is 0.183. The summed E-state index contributed by atoms with van der Waals surface area (Å²) in [6.45, 7) is 5.52. The van der Waals surface area contributed by atoms with Crippen LogP contribution in [0.3, 0.4) is 0 Å². The van der Waals surface area contributed by atoms with Gasteiger partial charge in [0.05, 0.1) is 17.7 Å². The van der Waals surface area contributed by atoms with Crippen molar-refractivity contribution >= 4 is 23.3 Å². The fourth-order valence-electron chi connectivity index (χ4n) is 2.99. The Morgan fingerprint density at radius 1 is 1.04 bits per heavy atom. The summed E-state index contributed by atoms with van der Waals surface area (Å²) in [5, 5.41) is 6.71. The Labute approximate surface area is 159 Å². The molecule has 0 aliphatic carbocycles. The summed E-state index contributed by atoms with van der Waals surface area (Å²) in [5.41, 5.74) is 4.51. The second-order valence-corrected chi connectivity index (χ2v) is 6.92. The van der Waals surface area contributed by atoms with Crippen molar-refractivity contribution in [1.82, 2.24) is 10.6 Å². The molecule has 134 valence electrons. The quantitative estimate of drug-likeness (QED) is 0.630. The molecule has 0 bridgehead atoms. The molecule has 0 aromatic heterocycles. The third-order valence-corrected chi connectivity index (χ3v) is 4.40. The molecule has 5 heteroatoms. The molecular formula is C21H22N2O2S. The van der Waals surface area contributed by atoms with Crippen molar-refractivity contribution in [2.75, 3.05) is 0 Å². The molecule has 0 saturated carbocycles. The Balaban J connectivity index is 1.93.